The molecule has 0 aliphatic heterocycles. The third-order valence-electron chi connectivity index (χ3n) is 2.31. The number of hydrogen-bond donors (Lipinski definition) is 1. The SMILES string of the molecule is O=C(NCCOc1ccc(-c2cccs2)nn1)C(F)(F)F. The molecule has 9 heteroatoms. The van der Waals surface area contributed by atoms with Crippen LogP contribution in [-0.4, -0.2) is 35.4 Å². The molecule has 2 aromatic rings. The van der Waals surface area contributed by atoms with Crippen LogP contribution in [0.15, 0.2) is 29.6 Å². The lowest BCUT2D eigenvalue weighted by atomic mass is 10.3. The van der Waals surface area contributed by atoms with E-state index in [1.807, 2.05) is 17.5 Å². The van der Waals surface area contributed by atoms with Crippen LogP contribution in [0.5, 0.6) is 5.88 Å². The fourth-order valence-corrected chi connectivity index (χ4v) is 2.06. The van der Waals surface area contributed by atoms with Gasteiger partial charge in [-0.3, -0.25) is 4.79 Å². The summed E-state index contributed by atoms with van der Waals surface area (Å²) in [6.07, 6.45) is -4.89. The van der Waals surface area contributed by atoms with E-state index in [1.54, 1.807) is 17.4 Å². The van der Waals surface area contributed by atoms with Gasteiger partial charge in [0.15, 0.2) is 0 Å². The van der Waals surface area contributed by atoms with Crippen molar-refractivity contribution in [3.05, 3.63) is 29.6 Å². The van der Waals surface area contributed by atoms with E-state index in [2.05, 4.69) is 10.2 Å². The van der Waals surface area contributed by atoms with Gasteiger partial charge in [-0.1, -0.05) is 6.07 Å². The maximum absolute atomic E-state index is 11.9. The van der Waals surface area contributed by atoms with Crippen molar-refractivity contribution in [1.82, 2.24) is 15.5 Å². The van der Waals surface area contributed by atoms with Crippen molar-refractivity contribution in [1.29, 1.82) is 0 Å². The molecule has 0 radical (unpaired) electrons. The monoisotopic (exact) mass is 317 g/mol. The van der Waals surface area contributed by atoms with E-state index in [9.17, 15) is 18.0 Å². The van der Waals surface area contributed by atoms with Gasteiger partial charge in [-0.2, -0.15) is 13.2 Å². The lowest BCUT2D eigenvalue weighted by Crippen LogP contribution is -2.38. The minimum atomic E-state index is -4.89. The summed E-state index contributed by atoms with van der Waals surface area (Å²) < 4.78 is 40.8. The van der Waals surface area contributed by atoms with E-state index < -0.39 is 12.1 Å². The molecular formula is C12H10F3N3O2S. The fraction of sp³-hybridized carbons (Fsp3) is 0.250. The first-order valence-corrected chi connectivity index (χ1v) is 6.70. The molecule has 2 rings (SSSR count). The van der Waals surface area contributed by atoms with Gasteiger partial charge in [0, 0.05) is 6.07 Å². The number of halogens is 3. The van der Waals surface area contributed by atoms with Gasteiger partial charge in [-0.25, -0.2) is 0 Å². The zero-order valence-corrected chi connectivity index (χ0v) is 11.4. The number of rotatable bonds is 5. The molecule has 112 valence electrons. The van der Waals surface area contributed by atoms with Crippen LogP contribution < -0.4 is 10.1 Å². The normalized spacial score (nSPS) is 11.2. The highest BCUT2D eigenvalue weighted by atomic mass is 32.1. The van der Waals surface area contributed by atoms with E-state index in [-0.39, 0.29) is 19.0 Å². The van der Waals surface area contributed by atoms with Gasteiger partial charge in [0.05, 0.1) is 11.4 Å². The molecule has 1 amide bonds. The van der Waals surface area contributed by atoms with Crippen molar-refractivity contribution in [2.24, 2.45) is 0 Å². The Labute approximate surface area is 121 Å². The van der Waals surface area contributed by atoms with E-state index in [4.69, 9.17) is 4.74 Å². The number of nitrogens with zero attached hydrogens (tertiary/aromatic N) is 2. The minimum Gasteiger partial charge on any atom is -0.475 e. The van der Waals surface area contributed by atoms with Crippen molar-refractivity contribution in [2.75, 3.05) is 13.2 Å². The molecule has 0 bridgehead atoms. The summed E-state index contributed by atoms with van der Waals surface area (Å²) in [5.41, 5.74) is 0.683. The molecule has 0 unspecified atom stereocenters. The van der Waals surface area contributed by atoms with Crippen molar-refractivity contribution >= 4 is 17.2 Å². The average molecular weight is 317 g/mol. The Hall–Kier alpha value is -2.16. The number of nitrogens with one attached hydrogen (secondary N) is 1. The van der Waals surface area contributed by atoms with Crippen LogP contribution in [0.3, 0.4) is 0 Å². The molecule has 0 saturated heterocycles. The molecule has 21 heavy (non-hydrogen) atoms. The Bertz CT molecular complexity index is 585. The number of carbonyl (C=O) groups excluding carboxylic acids is 1. The average Bonchev–Trinajstić information content (AvgIpc) is 2.97. The van der Waals surface area contributed by atoms with Gasteiger partial charge < -0.3 is 10.1 Å². The van der Waals surface area contributed by atoms with E-state index in [0.29, 0.717) is 5.69 Å². The third kappa shape index (κ3) is 4.42. The molecule has 0 aliphatic carbocycles. The molecule has 2 heterocycles. The van der Waals surface area contributed by atoms with E-state index in [0.717, 1.165) is 4.88 Å². The van der Waals surface area contributed by atoms with Crippen LogP contribution in [0.1, 0.15) is 0 Å². The number of thiophene rings is 1. The number of amides is 1. The minimum absolute atomic E-state index is 0.130. The Morgan fingerprint density at radius 2 is 2.10 bits per heavy atom. The van der Waals surface area contributed by atoms with Crippen LogP contribution in [0.4, 0.5) is 13.2 Å². The first kappa shape index (κ1) is 15.2. The van der Waals surface area contributed by atoms with Gasteiger partial charge in [0.25, 0.3) is 0 Å². The second-order valence-electron chi connectivity index (χ2n) is 3.84. The lowest BCUT2D eigenvalue weighted by Gasteiger charge is -2.08. The number of carbonyl (C=O) groups is 1. The fourth-order valence-electron chi connectivity index (χ4n) is 1.37. The summed E-state index contributed by atoms with van der Waals surface area (Å²) in [5.74, 6) is -1.82. The molecular weight excluding hydrogens is 307 g/mol. The van der Waals surface area contributed by atoms with Gasteiger partial charge in [0.1, 0.15) is 12.3 Å². The Balaban J connectivity index is 1.78. The molecule has 5 nitrogen and oxygen atoms in total. The first-order chi connectivity index (χ1) is 9.97. The summed E-state index contributed by atoms with van der Waals surface area (Å²) in [5, 5.41) is 11.3. The number of aromatic nitrogens is 2. The maximum Gasteiger partial charge on any atom is 0.471 e. The van der Waals surface area contributed by atoms with Crippen molar-refractivity contribution in [2.45, 2.75) is 6.18 Å². The predicted molar refractivity (Wildman–Crippen MR) is 69.9 cm³/mol. The van der Waals surface area contributed by atoms with Crippen molar-refractivity contribution in [3.8, 4) is 16.5 Å². The standard InChI is InChI=1S/C12H10F3N3O2S/c13-12(14,15)11(19)16-5-6-20-10-4-3-8(17-18-10)9-2-1-7-21-9/h1-4,7H,5-6H2,(H,16,19). The van der Waals surface area contributed by atoms with Crippen LogP contribution in [-0.2, 0) is 4.79 Å². The Morgan fingerprint density at radius 3 is 2.67 bits per heavy atom. The van der Waals surface area contributed by atoms with Crippen LogP contribution in [0.2, 0.25) is 0 Å². The number of alkyl halides is 3. The van der Waals surface area contributed by atoms with Gasteiger partial charge in [0.2, 0.25) is 5.88 Å². The van der Waals surface area contributed by atoms with Gasteiger partial charge >= 0.3 is 12.1 Å². The first-order valence-electron chi connectivity index (χ1n) is 5.82. The highest BCUT2D eigenvalue weighted by molar-refractivity contribution is 7.13. The summed E-state index contributed by atoms with van der Waals surface area (Å²) in [6.45, 7) is -0.401. The summed E-state index contributed by atoms with van der Waals surface area (Å²) in [6, 6.07) is 7.04. The molecule has 0 aliphatic rings. The quantitative estimate of drug-likeness (QED) is 0.859. The zero-order chi connectivity index (χ0) is 15.3. The smallest absolute Gasteiger partial charge is 0.471 e. The number of ether oxygens (including phenoxy) is 1. The van der Waals surface area contributed by atoms with Gasteiger partial charge in [-0.05, 0) is 17.5 Å². The Kier molecular flexibility index (Phi) is 4.73. The lowest BCUT2D eigenvalue weighted by molar-refractivity contribution is -0.173. The van der Waals surface area contributed by atoms with Crippen LogP contribution in [0, 0.1) is 0 Å². The molecule has 2 aromatic heterocycles. The molecule has 0 atom stereocenters. The van der Waals surface area contributed by atoms with Gasteiger partial charge in [-0.15, -0.1) is 21.5 Å². The highest BCUT2D eigenvalue weighted by Gasteiger charge is 2.38. The maximum atomic E-state index is 11.9. The largest absolute Gasteiger partial charge is 0.475 e. The topological polar surface area (TPSA) is 64.1 Å². The molecule has 0 spiro atoms. The molecule has 1 N–H and O–H groups in total. The Morgan fingerprint density at radius 1 is 1.29 bits per heavy atom. The second-order valence-corrected chi connectivity index (χ2v) is 4.78. The molecule has 0 fully saturated rings. The third-order valence-corrected chi connectivity index (χ3v) is 3.20. The number of hydrogen-bond acceptors (Lipinski definition) is 5. The second kappa shape index (κ2) is 6.53. The van der Waals surface area contributed by atoms with Crippen molar-refractivity contribution < 1.29 is 22.7 Å². The predicted octanol–water partition coefficient (Wildman–Crippen LogP) is 2.26. The molecule has 0 aromatic carbocycles. The van der Waals surface area contributed by atoms with E-state index >= 15 is 0 Å². The highest BCUT2D eigenvalue weighted by Crippen LogP contribution is 2.22. The molecule has 0 saturated carbocycles. The van der Waals surface area contributed by atoms with Crippen LogP contribution >= 0.6 is 11.3 Å². The summed E-state index contributed by atoms with van der Waals surface area (Å²) >= 11 is 1.51. The van der Waals surface area contributed by atoms with Crippen LogP contribution in [0.25, 0.3) is 10.6 Å². The zero-order valence-electron chi connectivity index (χ0n) is 10.6. The summed E-state index contributed by atoms with van der Waals surface area (Å²) in [4.78, 5) is 11.5. The van der Waals surface area contributed by atoms with Crippen molar-refractivity contribution in [3.63, 3.8) is 0 Å². The van der Waals surface area contributed by atoms with E-state index in [1.165, 1.54) is 11.3 Å². The summed E-state index contributed by atoms with van der Waals surface area (Å²) in [7, 11) is 0.